The number of hydrogen-bond donors (Lipinski definition) is 2. The van der Waals surface area contributed by atoms with Crippen LogP contribution >= 0.6 is 31.9 Å². The Morgan fingerprint density at radius 3 is 2.36 bits per heavy atom. The summed E-state index contributed by atoms with van der Waals surface area (Å²) < 4.78 is 8.04. The van der Waals surface area contributed by atoms with Gasteiger partial charge in [-0.1, -0.05) is 19.9 Å². The molecule has 7 heteroatoms. The third kappa shape index (κ3) is 4.01. The zero-order valence-electron chi connectivity index (χ0n) is 20.2. The average Bonchev–Trinajstić information content (AvgIpc) is 3.63. The van der Waals surface area contributed by atoms with Crippen LogP contribution in [0.25, 0.3) is 44.1 Å². The number of pyridine rings is 1. The van der Waals surface area contributed by atoms with Gasteiger partial charge in [0.25, 0.3) is 0 Å². The van der Waals surface area contributed by atoms with E-state index >= 15 is 0 Å². The number of imidazole rings is 1. The Balaban J connectivity index is 1.64. The predicted octanol–water partition coefficient (Wildman–Crippen LogP) is 8.25. The van der Waals surface area contributed by atoms with E-state index in [0.717, 1.165) is 65.4 Å². The zero-order valence-corrected chi connectivity index (χ0v) is 23.4. The Morgan fingerprint density at radius 2 is 1.67 bits per heavy atom. The molecular formula is C29H27Br2N3O2. The summed E-state index contributed by atoms with van der Waals surface area (Å²) in [6, 6.07) is 16.2. The Morgan fingerprint density at radius 1 is 0.944 bits per heavy atom. The van der Waals surface area contributed by atoms with Crippen LogP contribution in [0.3, 0.4) is 0 Å². The molecule has 0 aliphatic heterocycles. The molecule has 2 heterocycles. The number of aliphatic hydroxyl groups is 1. The molecule has 0 spiro atoms. The Bertz CT molecular complexity index is 1600. The smallest absolute Gasteiger partial charge is 0.140 e. The highest BCUT2D eigenvalue weighted by Gasteiger charge is 2.28. The molecule has 0 unspecified atom stereocenters. The van der Waals surface area contributed by atoms with Gasteiger partial charge in [-0.15, -0.1) is 0 Å². The van der Waals surface area contributed by atoms with E-state index in [9.17, 15) is 5.11 Å². The molecule has 2 aromatic heterocycles. The first kappa shape index (κ1) is 23.9. The normalized spacial score (nSPS) is 14.2. The molecule has 184 valence electrons. The van der Waals surface area contributed by atoms with Crippen molar-refractivity contribution >= 4 is 64.6 Å². The lowest BCUT2D eigenvalue weighted by Crippen LogP contribution is -2.24. The third-order valence-corrected chi connectivity index (χ3v) is 8.72. The van der Waals surface area contributed by atoms with Crippen molar-refractivity contribution in [3.8, 4) is 17.1 Å². The van der Waals surface area contributed by atoms with Crippen molar-refractivity contribution in [2.45, 2.75) is 45.1 Å². The fourth-order valence-corrected chi connectivity index (χ4v) is 6.23. The van der Waals surface area contributed by atoms with Crippen molar-refractivity contribution in [1.29, 1.82) is 0 Å². The summed E-state index contributed by atoms with van der Waals surface area (Å²) in [7, 11) is 0. The molecule has 5 nitrogen and oxygen atoms in total. The number of ether oxygens (including phenoxy) is 1. The number of aromatic amines is 1. The van der Waals surface area contributed by atoms with Crippen LogP contribution in [0.5, 0.6) is 5.75 Å². The molecule has 1 saturated carbocycles. The maximum Gasteiger partial charge on any atom is 0.140 e. The van der Waals surface area contributed by atoms with Gasteiger partial charge in [0.15, 0.2) is 0 Å². The number of aromatic nitrogens is 3. The summed E-state index contributed by atoms with van der Waals surface area (Å²) in [5.74, 6) is 2.29. The van der Waals surface area contributed by atoms with E-state index in [2.05, 4.69) is 55.0 Å². The quantitative estimate of drug-likeness (QED) is 0.182. The molecule has 0 saturated heterocycles. The van der Waals surface area contributed by atoms with Crippen LogP contribution in [-0.2, 0) is 5.60 Å². The van der Waals surface area contributed by atoms with Gasteiger partial charge in [-0.05, 0) is 106 Å². The molecule has 6 rings (SSSR count). The molecule has 0 bridgehead atoms. The highest BCUT2D eigenvalue weighted by molar-refractivity contribution is 9.11. The number of hydrogen-bond acceptors (Lipinski definition) is 4. The molecule has 36 heavy (non-hydrogen) atoms. The van der Waals surface area contributed by atoms with Crippen molar-refractivity contribution in [2.24, 2.45) is 5.92 Å². The van der Waals surface area contributed by atoms with Crippen LogP contribution in [0.1, 0.15) is 45.2 Å². The molecule has 1 fully saturated rings. The third-order valence-electron chi connectivity index (χ3n) is 7.40. The number of rotatable bonds is 7. The number of benzene rings is 3. The highest BCUT2D eigenvalue weighted by Crippen LogP contribution is 2.40. The molecule has 0 atom stereocenters. The summed E-state index contributed by atoms with van der Waals surface area (Å²) in [5, 5.41) is 14.2. The predicted molar refractivity (Wildman–Crippen MR) is 152 cm³/mol. The van der Waals surface area contributed by atoms with Crippen molar-refractivity contribution in [3.05, 3.63) is 63.2 Å². The van der Waals surface area contributed by atoms with Gasteiger partial charge in [-0.3, -0.25) is 0 Å². The van der Waals surface area contributed by atoms with Crippen molar-refractivity contribution in [3.63, 3.8) is 0 Å². The van der Waals surface area contributed by atoms with Crippen LogP contribution in [0.15, 0.2) is 57.5 Å². The number of nitrogens with one attached hydrogen (secondary N) is 1. The van der Waals surface area contributed by atoms with E-state index in [4.69, 9.17) is 14.7 Å². The van der Waals surface area contributed by atoms with E-state index < -0.39 is 5.60 Å². The van der Waals surface area contributed by atoms with Gasteiger partial charge in [0, 0.05) is 30.7 Å². The van der Waals surface area contributed by atoms with Crippen LogP contribution in [0, 0.1) is 5.92 Å². The number of halogens is 2. The topological polar surface area (TPSA) is 71.0 Å². The molecule has 2 N–H and O–H groups in total. The lowest BCUT2D eigenvalue weighted by atomic mass is 9.92. The van der Waals surface area contributed by atoms with Gasteiger partial charge in [-0.25, -0.2) is 9.97 Å². The maximum absolute atomic E-state index is 11.2. The van der Waals surface area contributed by atoms with Crippen molar-refractivity contribution in [2.75, 3.05) is 6.61 Å². The van der Waals surface area contributed by atoms with Gasteiger partial charge >= 0.3 is 0 Å². The molecular weight excluding hydrogens is 582 g/mol. The highest BCUT2D eigenvalue weighted by atomic mass is 79.9. The lowest BCUT2D eigenvalue weighted by molar-refractivity contribution is 0.0243. The second-order valence-corrected chi connectivity index (χ2v) is 11.4. The van der Waals surface area contributed by atoms with Crippen LogP contribution in [0.4, 0.5) is 0 Å². The largest absolute Gasteiger partial charge is 0.493 e. The van der Waals surface area contributed by atoms with Gasteiger partial charge < -0.3 is 14.8 Å². The first-order chi connectivity index (χ1) is 17.4. The van der Waals surface area contributed by atoms with E-state index in [1.165, 1.54) is 12.8 Å². The van der Waals surface area contributed by atoms with Gasteiger partial charge in [0.2, 0.25) is 0 Å². The van der Waals surface area contributed by atoms with Crippen LogP contribution < -0.4 is 4.74 Å². The number of H-pyrrole nitrogens is 1. The second-order valence-electron chi connectivity index (χ2n) is 9.70. The van der Waals surface area contributed by atoms with Gasteiger partial charge in [0.05, 0.1) is 28.9 Å². The molecule has 3 aromatic carbocycles. The monoisotopic (exact) mass is 607 g/mol. The van der Waals surface area contributed by atoms with E-state index in [1.54, 1.807) is 0 Å². The number of nitrogens with zero attached hydrogens (tertiary/aromatic N) is 2. The minimum Gasteiger partial charge on any atom is -0.493 e. The first-order valence-electron chi connectivity index (χ1n) is 12.5. The minimum atomic E-state index is -0.964. The van der Waals surface area contributed by atoms with E-state index in [-0.39, 0.29) is 0 Å². The summed E-state index contributed by atoms with van der Waals surface area (Å²) in [4.78, 5) is 13.7. The summed E-state index contributed by atoms with van der Waals surface area (Å²) in [5.41, 5.74) is 3.35. The molecule has 0 radical (unpaired) electrons. The van der Waals surface area contributed by atoms with Crippen LogP contribution in [0.2, 0.25) is 0 Å². The number of fused-ring (bicyclic) bond motifs is 6. The fourth-order valence-electron chi connectivity index (χ4n) is 4.86. The maximum atomic E-state index is 11.2. The molecule has 0 amide bonds. The second kappa shape index (κ2) is 9.12. The SMILES string of the molecule is CCC(O)(CC)c1ccc2c(n1)c1cc(OCC3CC3)ccc1c1nc(-c3c(Br)cccc3Br)[nH]c21. The summed E-state index contributed by atoms with van der Waals surface area (Å²) in [6.45, 7) is 4.74. The van der Waals surface area contributed by atoms with Crippen molar-refractivity contribution < 1.29 is 9.84 Å². The standard InChI is InChI=1S/C29H27Br2N3O2/c1-3-29(35,4-2)23-13-12-19-25(32-23)20-14-17(36-15-16-8-9-16)10-11-18(20)26-27(19)34-28(33-26)24-21(30)6-5-7-22(24)31/h5-7,10-14,16,35H,3-4,8-9,15H2,1-2H3,(H,33,34). The summed E-state index contributed by atoms with van der Waals surface area (Å²) >= 11 is 7.37. The Labute approximate surface area is 226 Å². The molecule has 1 aliphatic rings. The minimum absolute atomic E-state index is 0.599. The Hall–Kier alpha value is -2.48. The summed E-state index contributed by atoms with van der Waals surface area (Å²) in [6.07, 6.45) is 3.69. The first-order valence-corrected chi connectivity index (χ1v) is 14.1. The van der Waals surface area contributed by atoms with E-state index in [0.29, 0.717) is 24.5 Å². The van der Waals surface area contributed by atoms with Gasteiger partial charge in [-0.2, -0.15) is 0 Å². The zero-order chi connectivity index (χ0) is 25.0. The fraction of sp³-hybridized carbons (Fsp3) is 0.310. The lowest BCUT2D eigenvalue weighted by Gasteiger charge is -2.25. The van der Waals surface area contributed by atoms with Crippen molar-refractivity contribution in [1.82, 2.24) is 15.0 Å². The van der Waals surface area contributed by atoms with Gasteiger partial charge in [0.1, 0.15) is 17.2 Å². The van der Waals surface area contributed by atoms with E-state index in [1.807, 2.05) is 44.2 Å². The average molecular weight is 609 g/mol. The van der Waals surface area contributed by atoms with Crippen LogP contribution in [-0.4, -0.2) is 26.7 Å². The molecule has 5 aromatic rings. The molecule has 1 aliphatic carbocycles. The Kier molecular flexibility index (Phi) is 6.05.